The fourth-order valence-electron chi connectivity index (χ4n) is 2.61. The number of aromatic nitrogens is 3. The first-order valence-corrected chi connectivity index (χ1v) is 7.59. The molecule has 0 bridgehead atoms. The van der Waals surface area contributed by atoms with Crippen molar-refractivity contribution in [3.05, 3.63) is 60.2 Å². The molecule has 0 saturated heterocycles. The first-order valence-electron chi connectivity index (χ1n) is 7.59. The molecule has 0 aliphatic heterocycles. The van der Waals surface area contributed by atoms with Gasteiger partial charge in [-0.25, -0.2) is 4.98 Å². The minimum Gasteiger partial charge on any atom is -0.480 e. The zero-order valence-electron chi connectivity index (χ0n) is 13.4. The topological polar surface area (TPSA) is 61.0 Å². The highest BCUT2D eigenvalue weighted by Gasteiger charge is 2.16. The van der Waals surface area contributed by atoms with Crippen molar-refractivity contribution in [2.75, 3.05) is 7.11 Å². The minimum atomic E-state index is 0.459. The number of benzene rings is 2. The van der Waals surface area contributed by atoms with Crippen LogP contribution in [0.5, 0.6) is 5.88 Å². The van der Waals surface area contributed by atoms with Crippen LogP contribution in [0.4, 0.5) is 0 Å². The van der Waals surface area contributed by atoms with Gasteiger partial charge in [0, 0.05) is 10.9 Å². The molecule has 0 atom stereocenters. The Hall–Kier alpha value is -3.21. The van der Waals surface area contributed by atoms with Crippen LogP contribution in [-0.4, -0.2) is 22.2 Å². The summed E-state index contributed by atoms with van der Waals surface area (Å²) < 4.78 is 10.8. The molecule has 0 fully saturated rings. The van der Waals surface area contributed by atoms with Gasteiger partial charge in [0.05, 0.1) is 18.2 Å². The summed E-state index contributed by atoms with van der Waals surface area (Å²) in [5.74, 6) is 1.41. The summed E-state index contributed by atoms with van der Waals surface area (Å²) in [6.07, 6.45) is 0. The standard InChI is InChI=1S/C19H15N3O2/c1-12-8-9-14-11-15(19(23-2)20-16(14)10-12)17-21-18(24-22-17)13-6-4-3-5-7-13/h3-11H,1-2H3. The highest BCUT2D eigenvalue weighted by Crippen LogP contribution is 2.31. The van der Waals surface area contributed by atoms with Gasteiger partial charge in [0.15, 0.2) is 0 Å². The predicted octanol–water partition coefficient (Wildman–Crippen LogP) is 4.27. The lowest BCUT2D eigenvalue weighted by Crippen LogP contribution is -1.94. The Bertz CT molecular complexity index is 1010. The van der Waals surface area contributed by atoms with E-state index in [0.717, 1.165) is 22.0 Å². The molecule has 0 saturated carbocycles. The van der Waals surface area contributed by atoms with Crippen LogP contribution in [-0.2, 0) is 0 Å². The molecule has 2 aromatic carbocycles. The Morgan fingerprint density at radius 1 is 0.958 bits per heavy atom. The van der Waals surface area contributed by atoms with Gasteiger partial charge in [-0.3, -0.25) is 0 Å². The van der Waals surface area contributed by atoms with Gasteiger partial charge in [-0.15, -0.1) is 0 Å². The third kappa shape index (κ3) is 2.50. The second kappa shape index (κ2) is 5.77. The first kappa shape index (κ1) is 14.4. The number of nitrogens with zero attached hydrogens (tertiary/aromatic N) is 3. The van der Waals surface area contributed by atoms with Crippen molar-refractivity contribution < 1.29 is 9.26 Å². The van der Waals surface area contributed by atoms with E-state index in [0.29, 0.717) is 23.2 Å². The summed E-state index contributed by atoms with van der Waals surface area (Å²) in [6.45, 7) is 2.03. The van der Waals surface area contributed by atoms with E-state index in [2.05, 4.69) is 15.1 Å². The molecule has 2 heterocycles. The second-order valence-electron chi connectivity index (χ2n) is 5.53. The van der Waals surface area contributed by atoms with Gasteiger partial charge in [0.25, 0.3) is 5.89 Å². The third-order valence-electron chi connectivity index (χ3n) is 3.82. The summed E-state index contributed by atoms with van der Waals surface area (Å²) >= 11 is 0. The Balaban J connectivity index is 1.84. The van der Waals surface area contributed by atoms with Crippen molar-refractivity contribution in [1.82, 2.24) is 15.1 Å². The zero-order valence-corrected chi connectivity index (χ0v) is 13.4. The van der Waals surface area contributed by atoms with Crippen LogP contribution in [0.15, 0.2) is 59.1 Å². The van der Waals surface area contributed by atoms with Crippen molar-refractivity contribution in [2.45, 2.75) is 6.92 Å². The van der Waals surface area contributed by atoms with Gasteiger partial charge in [-0.1, -0.05) is 35.5 Å². The number of rotatable bonds is 3. The molecule has 0 aliphatic rings. The van der Waals surface area contributed by atoms with Gasteiger partial charge in [0.2, 0.25) is 11.7 Å². The van der Waals surface area contributed by atoms with E-state index in [4.69, 9.17) is 9.26 Å². The first-order chi connectivity index (χ1) is 11.7. The molecule has 0 N–H and O–H groups in total. The van der Waals surface area contributed by atoms with Gasteiger partial charge in [-0.05, 0) is 36.8 Å². The Morgan fingerprint density at radius 3 is 2.58 bits per heavy atom. The Morgan fingerprint density at radius 2 is 1.79 bits per heavy atom. The lowest BCUT2D eigenvalue weighted by atomic mass is 10.1. The summed E-state index contributed by atoms with van der Waals surface area (Å²) in [5.41, 5.74) is 3.61. The van der Waals surface area contributed by atoms with Gasteiger partial charge in [-0.2, -0.15) is 4.98 Å². The minimum absolute atomic E-state index is 0.459. The van der Waals surface area contributed by atoms with Crippen molar-refractivity contribution in [2.24, 2.45) is 0 Å². The fraction of sp³-hybridized carbons (Fsp3) is 0.105. The molecule has 0 aliphatic carbocycles. The number of pyridine rings is 1. The summed E-state index contributed by atoms with van der Waals surface area (Å²) in [6, 6.07) is 17.7. The number of ether oxygens (including phenoxy) is 1. The van der Waals surface area contributed by atoms with Gasteiger partial charge in [0.1, 0.15) is 0 Å². The van der Waals surface area contributed by atoms with Crippen LogP contribution in [0.2, 0.25) is 0 Å². The monoisotopic (exact) mass is 317 g/mol. The Labute approximate surface area is 138 Å². The predicted molar refractivity (Wildman–Crippen MR) is 91.8 cm³/mol. The maximum absolute atomic E-state index is 5.43. The molecule has 0 spiro atoms. The average molecular weight is 317 g/mol. The number of methoxy groups -OCH3 is 1. The molecule has 0 radical (unpaired) electrons. The molecule has 118 valence electrons. The average Bonchev–Trinajstić information content (AvgIpc) is 3.11. The van der Waals surface area contributed by atoms with Crippen molar-refractivity contribution in [1.29, 1.82) is 0 Å². The van der Waals surface area contributed by atoms with Crippen LogP contribution in [0, 0.1) is 6.92 Å². The Kier molecular flexibility index (Phi) is 3.46. The largest absolute Gasteiger partial charge is 0.480 e. The second-order valence-corrected chi connectivity index (χ2v) is 5.53. The molecule has 0 amide bonds. The molecular weight excluding hydrogens is 302 g/mol. The van der Waals surface area contributed by atoms with E-state index in [9.17, 15) is 0 Å². The third-order valence-corrected chi connectivity index (χ3v) is 3.82. The van der Waals surface area contributed by atoms with E-state index in [1.165, 1.54) is 0 Å². The maximum atomic E-state index is 5.43. The lowest BCUT2D eigenvalue weighted by Gasteiger charge is -2.07. The highest BCUT2D eigenvalue weighted by atomic mass is 16.5. The molecule has 4 aromatic rings. The van der Waals surface area contributed by atoms with Crippen molar-refractivity contribution in [3.63, 3.8) is 0 Å². The molecular formula is C19H15N3O2. The molecule has 5 nitrogen and oxygen atoms in total. The highest BCUT2D eigenvalue weighted by molar-refractivity contribution is 5.85. The summed E-state index contributed by atoms with van der Waals surface area (Å²) in [7, 11) is 1.59. The van der Waals surface area contributed by atoms with E-state index in [-0.39, 0.29) is 0 Å². The lowest BCUT2D eigenvalue weighted by molar-refractivity contribution is 0.399. The molecule has 5 heteroatoms. The van der Waals surface area contributed by atoms with E-state index < -0.39 is 0 Å². The molecule has 24 heavy (non-hydrogen) atoms. The molecule has 0 unspecified atom stereocenters. The summed E-state index contributed by atoms with van der Waals surface area (Å²) in [5, 5.41) is 5.09. The number of hydrogen-bond donors (Lipinski definition) is 0. The number of hydrogen-bond acceptors (Lipinski definition) is 5. The van der Waals surface area contributed by atoms with Crippen LogP contribution in [0.25, 0.3) is 33.7 Å². The normalized spacial score (nSPS) is 10.9. The molecule has 2 aromatic heterocycles. The fourth-order valence-corrected chi connectivity index (χ4v) is 2.61. The van der Waals surface area contributed by atoms with Crippen LogP contribution in [0.1, 0.15) is 5.56 Å². The van der Waals surface area contributed by atoms with Crippen LogP contribution >= 0.6 is 0 Å². The number of fused-ring (bicyclic) bond motifs is 1. The summed E-state index contributed by atoms with van der Waals surface area (Å²) in [4.78, 5) is 9.05. The smallest absolute Gasteiger partial charge is 0.258 e. The van der Waals surface area contributed by atoms with Gasteiger partial charge < -0.3 is 9.26 Å². The SMILES string of the molecule is COc1nc2cc(C)ccc2cc1-c1noc(-c2ccccc2)n1. The number of aryl methyl sites for hydroxylation is 1. The van der Waals surface area contributed by atoms with E-state index in [1.54, 1.807) is 7.11 Å². The van der Waals surface area contributed by atoms with Crippen molar-refractivity contribution in [3.8, 4) is 28.7 Å². The van der Waals surface area contributed by atoms with Gasteiger partial charge >= 0.3 is 0 Å². The maximum Gasteiger partial charge on any atom is 0.258 e. The van der Waals surface area contributed by atoms with Crippen molar-refractivity contribution >= 4 is 10.9 Å². The van der Waals surface area contributed by atoms with Crippen LogP contribution < -0.4 is 4.74 Å². The quantitative estimate of drug-likeness (QED) is 0.565. The van der Waals surface area contributed by atoms with E-state index in [1.807, 2.05) is 61.5 Å². The molecule has 4 rings (SSSR count). The zero-order chi connectivity index (χ0) is 16.5. The van der Waals surface area contributed by atoms with E-state index >= 15 is 0 Å². The van der Waals surface area contributed by atoms with Crippen LogP contribution in [0.3, 0.4) is 0 Å².